The van der Waals surface area contributed by atoms with Gasteiger partial charge in [0.2, 0.25) is 0 Å². The van der Waals surface area contributed by atoms with Gasteiger partial charge in [-0.15, -0.1) is 0 Å². The molecule has 1 aromatic carbocycles. The van der Waals surface area contributed by atoms with Crippen molar-refractivity contribution in [3.8, 4) is 0 Å². The summed E-state index contributed by atoms with van der Waals surface area (Å²) >= 11 is 0. The molecule has 18 heavy (non-hydrogen) atoms. The number of nitro benzene ring substituents is 1. The third-order valence-corrected chi connectivity index (χ3v) is 2.96. The fourth-order valence-corrected chi connectivity index (χ4v) is 1.94. The molecule has 0 aliphatic carbocycles. The molecule has 0 radical (unpaired) electrons. The number of rotatable bonds is 3. The minimum Gasteiger partial charge on any atom is -0.393 e. The molecular weight excluding hydrogens is 236 g/mol. The predicted molar refractivity (Wildman–Crippen MR) is 65.9 cm³/mol. The van der Waals surface area contributed by atoms with E-state index in [0.717, 1.165) is 5.56 Å². The third-order valence-electron chi connectivity index (χ3n) is 2.96. The van der Waals surface area contributed by atoms with Crippen LogP contribution in [0.1, 0.15) is 5.56 Å². The van der Waals surface area contributed by atoms with Crippen molar-refractivity contribution in [3.05, 3.63) is 33.9 Å². The minimum absolute atomic E-state index is 0.0353. The zero-order valence-electron chi connectivity index (χ0n) is 10.00. The molecule has 1 saturated heterocycles. The largest absolute Gasteiger partial charge is 0.393 e. The van der Waals surface area contributed by atoms with Crippen molar-refractivity contribution >= 4 is 17.4 Å². The van der Waals surface area contributed by atoms with Crippen LogP contribution in [0.25, 0.3) is 0 Å². The van der Waals surface area contributed by atoms with Crippen LogP contribution in [-0.2, 0) is 6.54 Å². The van der Waals surface area contributed by atoms with Gasteiger partial charge in [0.1, 0.15) is 5.69 Å². The number of nitro groups is 1. The number of urea groups is 1. The van der Waals surface area contributed by atoms with Gasteiger partial charge in [0.15, 0.2) is 0 Å². The Morgan fingerprint density at radius 3 is 2.67 bits per heavy atom. The number of hydrogen-bond acceptors (Lipinski definition) is 4. The van der Waals surface area contributed by atoms with E-state index in [1.165, 1.54) is 6.07 Å². The first-order chi connectivity index (χ1) is 8.49. The van der Waals surface area contributed by atoms with E-state index in [4.69, 9.17) is 5.73 Å². The van der Waals surface area contributed by atoms with Crippen LogP contribution in [0.3, 0.4) is 0 Å². The summed E-state index contributed by atoms with van der Waals surface area (Å²) in [5.41, 5.74) is 6.41. The predicted octanol–water partition coefficient (Wildman–Crippen LogP) is 1.04. The normalized spacial score (nSPS) is 15.3. The molecule has 96 valence electrons. The van der Waals surface area contributed by atoms with Crippen LogP contribution < -0.4 is 5.73 Å². The lowest BCUT2D eigenvalue weighted by atomic mass is 10.1. The molecule has 2 rings (SSSR count). The van der Waals surface area contributed by atoms with Gasteiger partial charge in [0.25, 0.3) is 5.69 Å². The van der Waals surface area contributed by atoms with Crippen LogP contribution in [0.5, 0.6) is 0 Å². The molecular formula is C11H14N4O3. The number of benzene rings is 1. The van der Waals surface area contributed by atoms with E-state index >= 15 is 0 Å². The van der Waals surface area contributed by atoms with Gasteiger partial charge in [-0.2, -0.15) is 0 Å². The maximum absolute atomic E-state index is 11.7. The summed E-state index contributed by atoms with van der Waals surface area (Å²) in [4.78, 5) is 25.1. The van der Waals surface area contributed by atoms with E-state index in [-0.39, 0.29) is 17.4 Å². The average molecular weight is 250 g/mol. The Kier molecular flexibility index (Phi) is 3.05. The lowest BCUT2D eigenvalue weighted by Crippen LogP contribution is -2.28. The number of carbonyl (C=O) groups is 1. The molecule has 1 aliphatic rings. The van der Waals surface area contributed by atoms with Crippen molar-refractivity contribution in [2.75, 3.05) is 25.9 Å². The fourth-order valence-electron chi connectivity index (χ4n) is 1.94. The molecule has 0 spiro atoms. The standard InChI is InChI=1S/C11H14N4O3/c1-13-4-5-14(11(13)16)7-8-2-3-10(15(17)18)9(12)6-8/h2-3,6H,4-5,7,12H2,1H3. The molecule has 1 heterocycles. The Morgan fingerprint density at radius 2 is 2.17 bits per heavy atom. The molecule has 0 aromatic heterocycles. The molecule has 2 amide bonds. The smallest absolute Gasteiger partial charge is 0.320 e. The SMILES string of the molecule is CN1CCN(Cc2ccc([N+](=O)[O-])c(N)c2)C1=O. The summed E-state index contributed by atoms with van der Waals surface area (Å²) in [7, 11) is 1.74. The third kappa shape index (κ3) is 2.20. The number of nitrogen functional groups attached to an aromatic ring is 1. The van der Waals surface area contributed by atoms with Crippen LogP contribution in [0, 0.1) is 10.1 Å². The summed E-state index contributed by atoms with van der Waals surface area (Å²) in [6, 6.07) is 4.51. The number of hydrogen-bond donors (Lipinski definition) is 1. The van der Waals surface area contributed by atoms with Crippen molar-refractivity contribution in [2.45, 2.75) is 6.54 Å². The van der Waals surface area contributed by atoms with Gasteiger partial charge in [-0.1, -0.05) is 6.07 Å². The first-order valence-corrected chi connectivity index (χ1v) is 5.52. The molecule has 1 fully saturated rings. The highest BCUT2D eigenvalue weighted by atomic mass is 16.6. The second-order valence-electron chi connectivity index (χ2n) is 4.28. The molecule has 7 nitrogen and oxygen atoms in total. The van der Waals surface area contributed by atoms with Crippen LogP contribution in [0.15, 0.2) is 18.2 Å². The summed E-state index contributed by atoms with van der Waals surface area (Å²) < 4.78 is 0. The van der Waals surface area contributed by atoms with Crippen LogP contribution >= 0.6 is 0 Å². The molecule has 1 aromatic rings. The van der Waals surface area contributed by atoms with Gasteiger partial charge in [-0.25, -0.2) is 4.79 Å². The Morgan fingerprint density at radius 1 is 1.44 bits per heavy atom. The van der Waals surface area contributed by atoms with Gasteiger partial charge in [-0.05, 0) is 11.6 Å². The van der Waals surface area contributed by atoms with Crippen molar-refractivity contribution in [3.63, 3.8) is 0 Å². The highest BCUT2D eigenvalue weighted by molar-refractivity contribution is 5.76. The number of nitrogens with zero attached hydrogens (tertiary/aromatic N) is 3. The number of nitrogens with two attached hydrogens (primary N) is 1. The first-order valence-electron chi connectivity index (χ1n) is 5.52. The molecule has 2 N–H and O–H groups in total. The van der Waals surface area contributed by atoms with Crippen LogP contribution in [0.4, 0.5) is 16.2 Å². The van der Waals surface area contributed by atoms with Gasteiger partial charge < -0.3 is 15.5 Å². The van der Waals surface area contributed by atoms with E-state index in [0.29, 0.717) is 19.6 Å². The zero-order chi connectivity index (χ0) is 13.3. The highest BCUT2D eigenvalue weighted by Crippen LogP contribution is 2.23. The van der Waals surface area contributed by atoms with Gasteiger partial charge in [0.05, 0.1) is 4.92 Å². The number of anilines is 1. The van der Waals surface area contributed by atoms with Gasteiger partial charge in [-0.3, -0.25) is 10.1 Å². The second-order valence-corrected chi connectivity index (χ2v) is 4.28. The fraction of sp³-hybridized carbons (Fsp3) is 0.364. The summed E-state index contributed by atoms with van der Waals surface area (Å²) in [6.45, 7) is 1.78. The quantitative estimate of drug-likeness (QED) is 0.493. The summed E-state index contributed by atoms with van der Waals surface area (Å²) in [5, 5.41) is 10.6. The number of likely N-dealkylation sites (N-methyl/N-ethyl adjacent to an activating group) is 1. The Balaban J connectivity index is 2.14. The Bertz CT molecular complexity index is 503. The van der Waals surface area contributed by atoms with E-state index in [2.05, 4.69) is 0 Å². The summed E-state index contributed by atoms with van der Waals surface area (Å²) in [5.74, 6) is 0. The molecule has 0 atom stereocenters. The Labute approximate surface area is 104 Å². The maximum atomic E-state index is 11.7. The molecule has 0 bridgehead atoms. The first kappa shape index (κ1) is 12.2. The Hall–Kier alpha value is -2.31. The molecule has 7 heteroatoms. The number of amides is 2. The monoisotopic (exact) mass is 250 g/mol. The highest BCUT2D eigenvalue weighted by Gasteiger charge is 2.25. The van der Waals surface area contributed by atoms with Gasteiger partial charge >= 0.3 is 6.03 Å². The molecule has 0 saturated carbocycles. The van der Waals surface area contributed by atoms with E-state index < -0.39 is 4.92 Å². The average Bonchev–Trinajstić information content (AvgIpc) is 2.61. The van der Waals surface area contributed by atoms with E-state index in [1.54, 1.807) is 29.0 Å². The van der Waals surface area contributed by atoms with Crippen molar-refractivity contribution in [1.29, 1.82) is 0 Å². The van der Waals surface area contributed by atoms with E-state index in [9.17, 15) is 14.9 Å². The zero-order valence-corrected chi connectivity index (χ0v) is 10.00. The topological polar surface area (TPSA) is 92.7 Å². The summed E-state index contributed by atoms with van der Waals surface area (Å²) in [6.07, 6.45) is 0. The van der Waals surface area contributed by atoms with E-state index in [1.807, 2.05) is 0 Å². The second kappa shape index (κ2) is 4.52. The van der Waals surface area contributed by atoms with Gasteiger partial charge in [0, 0.05) is 32.7 Å². The lowest BCUT2D eigenvalue weighted by Gasteiger charge is -2.16. The maximum Gasteiger partial charge on any atom is 0.320 e. The minimum atomic E-state index is -0.520. The van der Waals surface area contributed by atoms with Crippen LogP contribution in [-0.4, -0.2) is 40.9 Å². The van der Waals surface area contributed by atoms with Crippen molar-refractivity contribution in [2.24, 2.45) is 0 Å². The van der Waals surface area contributed by atoms with Crippen molar-refractivity contribution < 1.29 is 9.72 Å². The van der Waals surface area contributed by atoms with Crippen molar-refractivity contribution in [1.82, 2.24) is 9.80 Å². The molecule has 0 unspecified atom stereocenters. The lowest BCUT2D eigenvalue weighted by molar-refractivity contribution is -0.383. The van der Waals surface area contributed by atoms with Crippen LogP contribution in [0.2, 0.25) is 0 Å². The number of carbonyl (C=O) groups excluding carboxylic acids is 1. The molecule has 1 aliphatic heterocycles.